The highest BCUT2D eigenvalue weighted by atomic mass is 15.0. The predicted octanol–water partition coefficient (Wildman–Crippen LogP) is 7.22. The average molecular weight is 385 g/mol. The zero-order valence-electron chi connectivity index (χ0n) is 18.5. The zero-order chi connectivity index (χ0) is 21.0. The number of rotatable bonds is 3. The highest BCUT2D eigenvalue weighted by molar-refractivity contribution is 5.82. The molecule has 0 aliphatic carbocycles. The molecule has 0 saturated carbocycles. The lowest BCUT2D eigenvalue weighted by Gasteiger charge is -2.33. The molecule has 2 aromatic rings. The molecule has 2 aliphatic rings. The number of fused-ring (bicyclic) bond motifs is 2. The number of anilines is 2. The number of benzene rings is 2. The molecule has 0 amide bonds. The van der Waals surface area contributed by atoms with E-state index >= 15 is 0 Å². The lowest BCUT2D eigenvalue weighted by molar-refractivity contribution is 0.707. The van der Waals surface area contributed by atoms with Crippen molar-refractivity contribution in [3.63, 3.8) is 0 Å². The van der Waals surface area contributed by atoms with Crippen LogP contribution < -0.4 is 10.6 Å². The van der Waals surface area contributed by atoms with Crippen LogP contribution in [0.1, 0.15) is 69.7 Å². The Morgan fingerprint density at radius 2 is 1.17 bits per heavy atom. The molecule has 4 rings (SSSR count). The third kappa shape index (κ3) is 3.64. The van der Waals surface area contributed by atoms with Gasteiger partial charge in [-0.05, 0) is 88.1 Å². The van der Waals surface area contributed by atoms with Crippen LogP contribution in [0.3, 0.4) is 0 Å². The Morgan fingerprint density at radius 3 is 1.55 bits per heavy atom. The summed E-state index contributed by atoms with van der Waals surface area (Å²) in [6.45, 7) is 17.4. The molecular weight excluding hydrogens is 352 g/mol. The van der Waals surface area contributed by atoms with E-state index in [1.165, 1.54) is 44.8 Å². The van der Waals surface area contributed by atoms with Crippen molar-refractivity contribution < 1.29 is 0 Å². The summed E-state index contributed by atoms with van der Waals surface area (Å²) in [5.74, 6) is 0.163. The van der Waals surface area contributed by atoms with Crippen LogP contribution in [0.2, 0.25) is 0 Å². The Bertz CT molecular complexity index is 969. The number of allylic oxidation sites excluding steroid dienone is 3. The highest BCUT2D eigenvalue weighted by Gasteiger charge is 2.25. The van der Waals surface area contributed by atoms with Crippen molar-refractivity contribution in [3.8, 4) is 0 Å². The van der Waals surface area contributed by atoms with Gasteiger partial charge in [-0.25, -0.2) is 0 Å². The maximum atomic E-state index is 4.16. The maximum absolute atomic E-state index is 4.16. The van der Waals surface area contributed by atoms with E-state index in [-0.39, 0.29) is 17.0 Å². The molecule has 2 aromatic carbocycles. The van der Waals surface area contributed by atoms with E-state index in [0.29, 0.717) is 0 Å². The van der Waals surface area contributed by atoms with Crippen LogP contribution in [0, 0.1) is 0 Å². The van der Waals surface area contributed by atoms with E-state index in [9.17, 15) is 0 Å². The van der Waals surface area contributed by atoms with E-state index in [1.807, 2.05) is 0 Å². The number of nitrogens with one attached hydrogen (secondary N) is 2. The molecule has 29 heavy (non-hydrogen) atoms. The second-order valence-corrected chi connectivity index (χ2v) is 9.67. The molecule has 2 N–H and O–H groups in total. The molecule has 2 heterocycles. The summed E-state index contributed by atoms with van der Waals surface area (Å²) in [6, 6.07) is 13.5. The number of hydrogen-bond donors (Lipinski definition) is 2. The van der Waals surface area contributed by atoms with Gasteiger partial charge in [-0.3, -0.25) is 0 Å². The lowest BCUT2D eigenvalue weighted by Crippen LogP contribution is -2.31. The average Bonchev–Trinajstić information content (AvgIpc) is 2.61. The Labute approximate surface area is 175 Å². The minimum Gasteiger partial charge on any atom is -0.376 e. The molecule has 2 heteroatoms. The molecule has 0 unspecified atom stereocenters. The van der Waals surface area contributed by atoms with Crippen molar-refractivity contribution in [1.82, 2.24) is 0 Å². The molecule has 0 saturated heterocycles. The van der Waals surface area contributed by atoms with Crippen LogP contribution in [0.25, 0.3) is 11.1 Å². The second-order valence-electron chi connectivity index (χ2n) is 9.67. The van der Waals surface area contributed by atoms with Crippen LogP contribution in [0.15, 0.2) is 61.2 Å². The molecule has 0 aromatic heterocycles. The van der Waals surface area contributed by atoms with E-state index in [4.69, 9.17) is 0 Å². The van der Waals surface area contributed by atoms with Crippen LogP contribution in [0.5, 0.6) is 0 Å². The lowest BCUT2D eigenvalue weighted by atomic mass is 9.84. The van der Waals surface area contributed by atoms with Crippen LogP contribution >= 0.6 is 0 Å². The fraction of sp³-hybridized carbons (Fsp3) is 0.333. The summed E-state index contributed by atoms with van der Waals surface area (Å²) >= 11 is 0. The third-order valence-electron chi connectivity index (χ3n) is 5.96. The van der Waals surface area contributed by atoms with Crippen molar-refractivity contribution in [1.29, 1.82) is 0 Å². The Hall–Kier alpha value is -2.74. The van der Waals surface area contributed by atoms with E-state index < -0.39 is 0 Å². The quantitative estimate of drug-likeness (QED) is 0.546. The summed E-state index contributed by atoms with van der Waals surface area (Å²) in [4.78, 5) is 0. The van der Waals surface area contributed by atoms with E-state index in [2.05, 4.69) is 113 Å². The first-order valence-corrected chi connectivity index (χ1v) is 10.4. The fourth-order valence-electron chi connectivity index (χ4n) is 4.85. The fourth-order valence-corrected chi connectivity index (χ4v) is 4.85. The molecular formula is C27H32N2. The molecule has 2 nitrogen and oxygen atoms in total. The molecule has 0 bridgehead atoms. The van der Waals surface area contributed by atoms with Gasteiger partial charge in [0.2, 0.25) is 0 Å². The molecule has 150 valence electrons. The van der Waals surface area contributed by atoms with Gasteiger partial charge in [0.05, 0.1) is 11.1 Å². The normalized spacial score (nSPS) is 18.6. The highest BCUT2D eigenvalue weighted by Crippen LogP contribution is 2.39. The van der Waals surface area contributed by atoms with Crippen molar-refractivity contribution in [2.45, 2.75) is 58.5 Å². The van der Waals surface area contributed by atoms with Crippen molar-refractivity contribution in [2.75, 3.05) is 10.6 Å². The summed E-state index contributed by atoms with van der Waals surface area (Å²) in [5, 5.41) is 7.25. The molecule has 0 fully saturated rings. The van der Waals surface area contributed by atoms with Gasteiger partial charge < -0.3 is 10.6 Å². The topological polar surface area (TPSA) is 24.1 Å². The molecule has 2 aliphatic heterocycles. The van der Waals surface area contributed by atoms with Gasteiger partial charge in [-0.15, -0.1) is 6.58 Å². The van der Waals surface area contributed by atoms with Gasteiger partial charge in [-0.2, -0.15) is 0 Å². The van der Waals surface area contributed by atoms with Gasteiger partial charge in [0, 0.05) is 28.4 Å². The monoisotopic (exact) mass is 384 g/mol. The zero-order valence-corrected chi connectivity index (χ0v) is 18.5. The van der Waals surface area contributed by atoms with Gasteiger partial charge in [-0.1, -0.05) is 30.4 Å². The predicted molar refractivity (Wildman–Crippen MR) is 128 cm³/mol. The standard InChI is InChI=1S/C27H32N2/c1-8-21(19-9-11-24-22(13-19)17(2)15-26(4,5)28-24)20-10-12-25-23(14-20)18(3)16-27(6,7)29-25/h8-16,21,28-29H,1H2,2-7H3. The van der Waals surface area contributed by atoms with Crippen molar-refractivity contribution in [3.05, 3.63) is 83.5 Å². The van der Waals surface area contributed by atoms with Gasteiger partial charge in [0.15, 0.2) is 0 Å². The summed E-state index contributed by atoms with van der Waals surface area (Å²) in [5.41, 5.74) is 10.1. The first-order chi connectivity index (χ1) is 13.6. The first kappa shape index (κ1) is 19.6. The van der Waals surface area contributed by atoms with Crippen LogP contribution in [-0.2, 0) is 0 Å². The SMILES string of the molecule is C=CC(c1ccc2c(c1)C(C)=CC(C)(C)N2)c1ccc2c(c1)C(C)=CC(C)(C)N2. The first-order valence-electron chi connectivity index (χ1n) is 10.4. The van der Waals surface area contributed by atoms with Gasteiger partial charge >= 0.3 is 0 Å². The third-order valence-corrected chi connectivity index (χ3v) is 5.96. The van der Waals surface area contributed by atoms with Crippen molar-refractivity contribution >= 4 is 22.5 Å². The smallest absolute Gasteiger partial charge is 0.0505 e. The Morgan fingerprint density at radius 1 is 0.759 bits per heavy atom. The van der Waals surface area contributed by atoms with E-state index in [0.717, 1.165) is 0 Å². The number of hydrogen-bond acceptors (Lipinski definition) is 2. The Balaban J connectivity index is 1.74. The van der Waals surface area contributed by atoms with Crippen molar-refractivity contribution in [2.24, 2.45) is 0 Å². The summed E-state index contributed by atoms with van der Waals surface area (Å²) < 4.78 is 0. The molecule has 0 spiro atoms. The molecule has 0 radical (unpaired) electrons. The maximum Gasteiger partial charge on any atom is 0.0505 e. The van der Waals surface area contributed by atoms with Gasteiger partial charge in [0.25, 0.3) is 0 Å². The second kappa shape index (κ2) is 6.66. The Kier molecular flexibility index (Phi) is 4.49. The van der Waals surface area contributed by atoms with Gasteiger partial charge in [0.1, 0.15) is 0 Å². The minimum atomic E-state index is -0.0143. The largest absolute Gasteiger partial charge is 0.376 e. The molecule has 0 atom stereocenters. The summed E-state index contributed by atoms with van der Waals surface area (Å²) in [6.07, 6.45) is 6.67. The van der Waals surface area contributed by atoms with Crippen LogP contribution in [-0.4, -0.2) is 11.1 Å². The van der Waals surface area contributed by atoms with E-state index in [1.54, 1.807) is 0 Å². The van der Waals surface area contributed by atoms with Crippen LogP contribution in [0.4, 0.5) is 11.4 Å². The minimum absolute atomic E-state index is 0.0143. The summed E-state index contributed by atoms with van der Waals surface area (Å²) in [7, 11) is 0.